The zero-order valence-corrected chi connectivity index (χ0v) is 14.5. The molecule has 128 valence electrons. The van der Waals surface area contributed by atoms with E-state index in [9.17, 15) is 4.79 Å². The molecular weight excluding hydrogens is 304 g/mol. The topological polar surface area (TPSA) is 60.5 Å². The molecule has 0 saturated carbocycles. The van der Waals surface area contributed by atoms with Crippen molar-refractivity contribution in [2.24, 2.45) is 0 Å². The number of hydrogen-bond donors (Lipinski definition) is 2. The fourth-order valence-corrected chi connectivity index (χ4v) is 4.10. The predicted molar refractivity (Wildman–Crippen MR) is 91.4 cm³/mol. The van der Waals surface area contributed by atoms with E-state index in [1.807, 2.05) is 0 Å². The van der Waals surface area contributed by atoms with Crippen LogP contribution >= 0.6 is 0 Å². The second-order valence-electron chi connectivity index (χ2n) is 7.09. The molecule has 4 rings (SSSR count). The average Bonchev–Trinajstić information content (AvgIpc) is 2.61. The van der Waals surface area contributed by atoms with Crippen LogP contribution in [0.3, 0.4) is 0 Å². The van der Waals surface area contributed by atoms with Crippen LogP contribution in [0.2, 0.25) is 0 Å². The van der Waals surface area contributed by atoms with Crippen LogP contribution in [0.4, 0.5) is 0 Å². The summed E-state index contributed by atoms with van der Waals surface area (Å²) < 4.78 is 11.3. The Bertz CT molecular complexity index is 835. The molecule has 2 aliphatic heterocycles. The van der Waals surface area contributed by atoms with Crippen LogP contribution in [0.1, 0.15) is 27.8 Å². The summed E-state index contributed by atoms with van der Waals surface area (Å²) in [7, 11) is 0. The summed E-state index contributed by atoms with van der Waals surface area (Å²) in [6, 6.07) is 2.21. The summed E-state index contributed by atoms with van der Waals surface area (Å²) in [5.74, 6) is 0. The lowest BCUT2D eigenvalue weighted by Crippen LogP contribution is -3.13. The van der Waals surface area contributed by atoms with Gasteiger partial charge in [-0.15, -0.1) is 0 Å². The average molecular weight is 330 g/mol. The molecule has 1 fully saturated rings. The molecule has 1 aromatic heterocycles. The highest BCUT2D eigenvalue weighted by Crippen LogP contribution is 2.29. The summed E-state index contributed by atoms with van der Waals surface area (Å²) in [5, 5.41) is 3.44. The van der Waals surface area contributed by atoms with Crippen molar-refractivity contribution in [3.05, 3.63) is 44.3 Å². The van der Waals surface area contributed by atoms with Crippen molar-refractivity contribution in [2.75, 3.05) is 32.8 Å². The molecule has 0 bridgehead atoms. The third kappa shape index (κ3) is 2.66. The number of nitrogens with two attached hydrogens (primary N) is 1. The van der Waals surface area contributed by atoms with Crippen LogP contribution in [0.25, 0.3) is 11.0 Å². The van der Waals surface area contributed by atoms with Crippen LogP contribution in [-0.4, -0.2) is 32.8 Å². The normalized spacial score (nSPS) is 18.8. The number of hydrogen-bond acceptors (Lipinski definition) is 3. The molecule has 0 atom stereocenters. The van der Waals surface area contributed by atoms with E-state index in [1.165, 1.54) is 21.6 Å². The molecule has 2 aliphatic rings. The number of quaternary nitrogens is 2. The minimum Gasteiger partial charge on any atom is -0.422 e. The highest BCUT2D eigenvalue weighted by Gasteiger charge is 2.24. The maximum absolute atomic E-state index is 12.7. The summed E-state index contributed by atoms with van der Waals surface area (Å²) in [5.41, 5.74) is 6.52. The van der Waals surface area contributed by atoms with Crippen LogP contribution in [-0.2, 0) is 24.2 Å². The fraction of sp³-hybridized carbons (Fsp3) is 0.526. The Balaban J connectivity index is 1.83. The molecule has 1 saturated heterocycles. The molecule has 5 nitrogen and oxygen atoms in total. The summed E-state index contributed by atoms with van der Waals surface area (Å²) in [6.45, 7) is 10.5. The minimum absolute atomic E-state index is 0.153. The second kappa shape index (κ2) is 6.31. The molecule has 0 aliphatic carbocycles. The van der Waals surface area contributed by atoms with E-state index in [-0.39, 0.29) is 5.63 Å². The van der Waals surface area contributed by atoms with Gasteiger partial charge in [0.05, 0.1) is 25.3 Å². The van der Waals surface area contributed by atoms with E-state index in [1.54, 1.807) is 0 Å². The van der Waals surface area contributed by atoms with Crippen molar-refractivity contribution in [3.8, 4) is 0 Å². The Kier molecular flexibility index (Phi) is 4.16. The van der Waals surface area contributed by atoms with E-state index >= 15 is 0 Å². The lowest BCUT2D eigenvalue weighted by molar-refractivity contribution is -0.921. The van der Waals surface area contributed by atoms with Crippen LogP contribution in [0.15, 0.2) is 15.3 Å². The van der Waals surface area contributed by atoms with Crippen LogP contribution in [0.5, 0.6) is 0 Å². The van der Waals surface area contributed by atoms with Gasteiger partial charge in [-0.2, -0.15) is 0 Å². The Morgan fingerprint density at radius 3 is 2.79 bits per heavy atom. The van der Waals surface area contributed by atoms with Gasteiger partial charge >= 0.3 is 5.63 Å². The summed E-state index contributed by atoms with van der Waals surface area (Å²) in [6.07, 6.45) is 0.976. The van der Waals surface area contributed by atoms with Crippen molar-refractivity contribution >= 4 is 11.0 Å². The molecule has 0 unspecified atom stereocenters. The zero-order chi connectivity index (χ0) is 16.7. The first-order chi connectivity index (χ1) is 11.6. The lowest BCUT2D eigenvalue weighted by Gasteiger charge is -2.24. The van der Waals surface area contributed by atoms with Gasteiger partial charge in [-0.05, 0) is 31.0 Å². The summed E-state index contributed by atoms with van der Waals surface area (Å²) >= 11 is 0. The highest BCUT2D eigenvalue weighted by molar-refractivity contribution is 5.86. The van der Waals surface area contributed by atoms with E-state index in [0.29, 0.717) is 0 Å². The van der Waals surface area contributed by atoms with Gasteiger partial charge in [0, 0.05) is 22.9 Å². The van der Waals surface area contributed by atoms with Gasteiger partial charge < -0.3 is 19.4 Å². The molecule has 0 spiro atoms. The van der Waals surface area contributed by atoms with Crippen LogP contribution in [0, 0.1) is 13.8 Å². The Morgan fingerprint density at radius 1 is 1.21 bits per heavy atom. The summed E-state index contributed by atoms with van der Waals surface area (Å²) in [4.78, 5) is 14.1. The van der Waals surface area contributed by atoms with Gasteiger partial charge in [0.1, 0.15) is 31.8 Å². The fourth-order valence-electron chi connectivity index (χ4n) is 4.10. The molecule has 0 radical (unpaired) electrons. The van der Waals surface area contributed by atoms with Gasteiger partial charge in [0.15, 0.2) is 0 Å². The van der Waals surface area contributed by atoms with Crippen molar-refractivity contribution < 1.29 is 19.4 Å². The van der Waals surface area contributed by atoms with E-state index in [4.69, 9.17) is 9.15 Å². The molecule has 3 heterocycles. The number of fused-ring (bicyclic) bond motifs is 3. The maximum atomic E-state index is 12.7. The Labute approximate surface area is 141 Å². The number of ether oxygens (including phenoxy) is 1. The number of benzene rings is 1. The van der Waals surface area contributed by atoms with E-state index in [2.05, 4.69) is 25.2 Å². The van der Waals surface area contributed by atoms with Crippen molar-refractivity contribution in [1.29, 1.82) is 0 Å². The van der Waals surface area contributed by atoms with Crippen molar-refractivity contribution in [2.45, 2.75) is 33.4 Å². The third-order valence-electron chi connectivity index (χ3n) is 5.59. The smallest absolute Gasteiger partial charge is 0.345 e. The first-order valence-electron chi connectivity index (χ1n) is 8.95. The predicted octanol–water partition coefficient (Wildman–Crippen LogP) is -0.556. The van der Waals surface area contributed by atoms with Gasteiger partial charge in [-0.25, -0.2) is 4.79 Å². The first kappa shape index (κ1) is 15.8. The van der Waals surface area contributed by atoms with Gasteiger partial charge in [0.25, 0.3) is 0 Å². The van der Waals surface area contributed by atoms with E-state index < -0.39 is 0 Å². The third-order valence-corrected chi connectivity index (χ3v) is 5.59. The largest absolute Gasteiger partial charge is 0.422 e. The van der Waals surface area contributed by atoms with Gasteiger partial charge in [-0.3, -0.25) is 0 Å². The second-order valence-corrected chi connectivity index (χ2v) is 7.09. The number of morpholine rings is 1. The molecule has 24 heavy (non-hydrogen) atoms. The van der Waals surface area contributed by atoms with E-state index in [0.717, 1.165) is 74.5 Å². The molecule has 0 amide bonds. The van der Waals surface area contributed by atoms with Crippen LogP contribution < -0.4 is 15.8 Å². The molecule has 3 N–H and O–H groups in total. The number of aryl methyl sites for hydroxylation is 2. The molecule has 5 heteroatoms. The first-order valence-corrected chi connectivity index (χ1v) is 8.95. The Hall–Kier alpha value is -1.69. The monoisotopic (exact) mass is 330 g/mol. The maximum Gasteiger partial charge on any atom is 0.345 e. The number of nitrogens with one attached hydrogen (secondary N) is 1. The van der Waals surface area contributed by atoms with Crippen molar-refractivity contribution in [3.63, 3.8) is 0 Å². The number of rotatable bonds is 2. The zero-order valence-electron chi connectivity index (χ0n) is 14.5. The molecular formula is C19H26N2O3+2. The highest BCUT2D eigenvalue weighted by atomic mass is 16.5. The molecule has 2 aromatic rings. The van der Waals surface area contributed by atoms with Gasteiger partial charge in [0.2, 0.25) is 0 Å². The SMILES string of the molecule is Cc1cc2c(C)c(C[NH+]3CCOCC3)c(=O)oc2c2c1C[NH2+]CC2. The minimum atomic E-state index is -0.153. The van der Waals surface area contributed by atoms with Gasteiger partial charge in [-0.1, -0.05) is 0 Å². The quantitative estimate of drug-likeness (QED) is 0.726. The van der Waals surface area contributed by atoms with Crippen molar-refractivity contribution in [1.82, 2.24) is 0 Å². The standard InChI is InChI=1S/C19H24N2O3/c1-12-9-15-13(2)17(11-21-5-7-23-8-6-21)19(22)24-18(15)14-3-4-20-10-16(12)14/h9,20H,3-8,10-11H2,1-2H3/p+2. The lowest BCUT2D eigenvalue weighted by atomic mass is 9.92. The Morgan fingerprint density at radius 2 is 2.00 bits per heavy atom. The molecule has 1 aromatic carbocycles.